The summed E-state index contributed by atoms with van der Waals surface area (Å²) in [6.07, 6.45) is 3.55. The SMILES string of the molecule is CCNC(C)(CC)CC.O=C(O)/C=C\C(=O)O. The summed E-state index contributed by atoms with van der Waals surface area (Å²) in [5, 5.41) is 19.1. The molecule has 0 aliphatic carbocycles. The lowest BCUT2D eigenvalue weighted by molar-refractivity contribution is -0.134. The van der Waals surface area contributed by atoms with Gasteiger partial charge >= 0.3 is 11.9 Å². The van der Waals surface area contributed by atoms with Crippen LogP contribution in [0.1, 0.15) is 40.5 Å². The third kappa shape index (κ3) is 12.6. The molecule has 0 aromatic heterocycles. The van der Waals surface area contributed by atoms with E-state index in [1.165, 1.54) is 12.8 Å². The molecule has 3 N–H and O–H groups in total. The molecule has 0 heterocycles. The van der Waals surface area contributed by atoms with Gasteiger partial charge in [0.05, 0.1) is 0 Å². The topological polar surface area (TPSA) is 86.6 Å². The summed E-state index contributed by atoms with van der Waals surface area (Å²) < 4.78 is 0. The molecule has 0 radical (unpaired) electrons. The van der Waals surface area contributed by atoms with Crippen molar-refractivity contribution in [2.45, 2.75) is 46.1 Å². The van der Waals surface area contributed by atoms with Crippen molar-refractivity contribution in [2.75, 3.05) is 6.54 Å². The Morgan fingerprint density at radius 3 is 1.53 bits per heavy atom. The van der Waals surface area contributed by atoms with Crippen molar-refractivity contribution < 1.29 is 19.8 Å². The highest BCUT2D eigenvalue weighted by Crippen LogP contribution is 2.12. The van der Waals surface area contributed by atoms with Crippen LogP contribution < -0.4 is 5.32 Å². The van der Waals surface area contributed by atoms with E-state index in [0.717, 1.165) is 6.54 Å². The normalized spacial score (nSPS) is 10.8. The molecule has 0 aromatic rings. The van der Waals surface area contributed by atoms with Gasteiger partial charge in [-0.15, -0.1) is 0 Å². The number of aliphatic carboxylic acids is 2. The van der Waals surface area contributed by atoms with Crippen LogP contribution in [0.25, 0.3) is 0 Å². The average Bonchev–Trinajstić information content (AvgIpc) is 2.27. The number of hydrogen-bond acceptors (Lipinski definition) is 3. The zero-order valence-corrected chi connectivity index (χ0v) is 11.0. The van der Waals surface area contributed by atoms with E-state index in [2.05, 4.69) is 33.0 Å². The summed E-state index contributed by atoms with van der Waals surface area (Å²) >= 11 is 0. The molecule has 0 atom stereocenters. The Bertz CT molecular complexity index is 241. The highest BCUT2D eigenvalue weighted by molar-refractivity contribution is 5.89. The van der Waals surface area contributed by atoms with E-state index in [0.29, 0.717) is 17.7 Å². The molecule has 0 spiro atoms. The smallest absolute Gasteiger partial charge is 0.328 e. The van der Waals surface area contributed by atoms with Crippen LogP contribution in [0, 0.1) is 0 Å². The summed E-state index contributed by atoms with van der Waals surface area (Å²) in [5.41, 5.74) is 0.384. The highest BCUT2D eigenvalue weighted by atomic mass is 16.4. The maximum atomic E-state index is 9.55. The van der Waals surface area contributed by atoms with Crippen LogP contribution in [0.2, 0.25) is 0 Å². The van der Waals surface area contributed by atoms with Crippen LogP contribution in [0.15, 0.2) is 12.2 Å². The fraction of sp³-hybridized carbons (Fsp3) is 0.667. The van der Waals surface area contributed by atoms with E-state index >= 15 is 0 Å². The first-order valence-corrected chi connectivity index (χ1v) is 5.70. The lowest BCUT2D eigenvalue weighted by Gasteiger charge is -2.27. The molecule has 5 heteroatoms. The summed E-state index contributed by atoms with van der Waals surface area (Å²) in [4.78, 5) is 19.1. The molecule has 0 amide bonds. The van der Waals surface area contributed by atoms with Crippen LogP contribution >= 0.6 is 0 Å². The van der Waals surface area contributed by atoms with E-state index in [1.54, 1.807) is 0 Å². The maximum absolute atomic E-state index is 9.55. The maximum Gasteiger partial charge on any atom is 0.328 e. The molecule has 0 fully saturated rings. The van der Waals surface area contributed by atoms with E-state index < -0.39 is 11.9 Å². The minimum Gasteiger partial charge on any atom is -0.478 e. The van der Waals surface area contributed by atoms with Crippen molar-refractivity contribution in [3.8, 4) is 0 Å². The van der Waals surface area contributed by atoms with E-state index in [4.69, 9.17) is 10.2 Å². The first-order valence-electron chi connectivity index (χ1n) is 5.70. The lowest BCUT2D eigenvalue weighted by atomic mass is 9.96. The third-order valence-electron chi connectivity index (χ3n) is 2.53. The second-order valence-corrected chi connectivity index (χ2v) is 3.81. The molecule has 0 bridgehead atoms. The molecule has 0 saturated carbocycles. The summed E-state index contributed by atoms with van der Waals surface area (Å²) in [6.45, 7) is 9.97. The van der Waals surface area contributed by atoms with Gasteiger partial charge in [-0.25, -0.2) is 9.59 Å². The van der Waals surface area contributed by atoms with Gasteiger partial charge in [0.15, 0.2) is 0 Å². The number of carbonyl (C=O) groups is 2. The Labute approximate surface area is 103 Å². The van der Waals surface area contributed by atoms with Crippen molar-refractivity contribution >= 4 is 11.9 Å². The largest absolute Gasteiger partial charge is 0.478 e. The molecule has 100 valence electrons. The van der Waals surface area contributed by atoms with Gasteiger partial charge in [0, 0.05) is 17.7 Å². The average molecular weight is 245 g/mol. The van der Waals surface area contributed by atoms with Gasteiger partial charge < -0.3 is 15.5 Å². The Balaban J connectivity index is 0. The predicted molar refractivity (Wildman–Crippen MR) is 67.1 cm³/mol. The predicted octanol–water partition coefficient (Wildman–Crippen LogP) is 1.89. The zero-order valence-electron chi connectivity index (χ0n) is 11.0. The standard InChI is InChI=1S/C8H19N.C4H4O4/c1-5-8(4,6-2)9-7-3;5-3(6)1-2-4(7)8/h9H,5-7H2,1-4H3;1-2H,(H,5,6)(H,7,8)/b;2-1-. The molecule has 0 rings (SSSR count). The number of nitrogens with one attached hydrogen (secondary N) is 1. The zero-order chi connectivity index (χ0) is 13.9. The van der Waals surface area contributed by atoms with Crippen molar-refractivity contribution in [1.82, 2.24) is 5.32 Å². The number of hydrogen-bond donors (Lipinski definition) is 3. The Morgan fingerprint density at radius 2 is 1.41 bits per heavy atom. The van der Waals surface area contributed by atoms with Gasteiger partial charge in [-0.2, -0.15) is 0 Å². The molecule has 5 nitrogen and oxygen atoms in total. The van der Waals surface area contributed by atoms with Gasteiger partial charge in [-0.05, 0) is 26.3 Å². The van der Waals surface area contributed by atoms with Gasteiger partial charge in [0.25, 0.3) is 0 Å². The number of carboxylic acid groups (broad SMARTS) is 2. The molecular weight excluding hydrogens is 222 g/mol. The summed E-state index contributed by atoms with van der Waals surface area (Å²) in [6, 6.07) is 0. The minimum absolute atomic E-state index is 0.384. The monoisotopic (exact) mass is 245 g/mol. The van der Waals surface area contributed by atoms with E-state index in [9.17, 15) is 9.59 Å². The minimum atomic E-state index is -1.26. The van der Waals surface area contributed by atoms with E-state index in [1.807, 2.05) is 0 Å². The second kappa shape index (κ2) is 9.84. The molecule has 0 unspecified atom stereocenters. The Hall–Kier alpha value is -1.36. The van der Waals surface area contributed by atoms with Crippen molar-refractivity contribution in [3.63, 3.8) is 0 Å². The number of rotatable bonds is 6. The molecule has 0 aliphatic heterocycles. The summed E-state index contributed by atoms with van der Waals surface area (Å²) in [5.74, 6) is -2.51. The third-order valence-corrected chi connectivity index (χ3v) is 2.53. The van der Waals surface area contributed by atoms with Crippen LogP contribution in [0.4, 0.5) is 0 Å². The lowest BCUT2D eigenvalue weighted by Crippen LogP contribution is -2.40. The molecule has 0 aromatic carbocycles. The highest BCUT2D eigenvalue weighted by Gasteiger charge is 2.16. The van der Waals surface area contributed by atoms with Crippen LogP contribution in [-0.2, 0) is 9.59 Å². The first-order chi connectivity index (χ1) is 7.81. The van der Waals surface area contributed by atoms with Crippen LogP contribution in [0.3, 0.4) is 0 Å². The summed E-state index contributed by atoms with van der Waals surface area (Å²) in [7, 11) is 0. The van der Waals surface area contributed by atoms with Gasteiger partial charge in [-0.1, -0.05) is 20.8 Å². The van der Waals surface area contributed by atoms with Gasteiger partial charge in [0.1, 0.15) is 0 Å². The molecule has 0 saturated heterocycles. The van der Waals surface area contributed by atoms with Crippen molar-refractivity contribution in [2.24, 2.45) is 0 Å². The Kier molecular flexibility index (Phi) is 10.4. The fourth-order valence-electron chi connectivity index (χ4n) is 1.07. The van der Waals surface area contributed by atoms with Crippen molar-refractivity contribution in [3.05, 3.63) is 12.2 Å². The van der Waals surface area contributed by atoms with Crippen molar-refractivity contribution in [1.29, 1.82) is 0 Å². The molecule has 17 heavy (non-hydrogen) atoms. The van der Waals surface area contributed by atoms with Crippen LogP contribution in [-0.4, -0.2) is 34.2 Å². The van der Waals surface area contributed by atoms with Gasteiger partial charge in [-0.3, -0.25) is 0 Å². The molecule has 0 aliphatic rings. The van der Waals surface area contributed by atoms with Gasteiger partial charge in [0.2, 0.25) is 0 Å². The second-order valence-electron chi connectivity index (χ2n) is 3.81. The van der Waals surface area contributed by atoms with Crippen LogP contribution in [0.5, 0.6) is 0 Å². The number of carboxylic acids is 2. The Morgan fingerprint density at radius 1 is 1.06 bits per heavy atom. The first kappa shape index (κ1) is 18.0. The van der Waals surface area contributed by atoms with E-state index in [-0.39, 0.29) is 0 Å². The molecular formula is C12H23NO4. The fourth-order valence-corrected chi connectivity index (χ4v) is 1.07. The quantitative estimate of drug-likeness (QED) is 0.622.